The van der Waals surface area contributed by atoms with E-state index in [2.05, 4.69) is 21.9 Å². The third-order valence-corrected chi connectivity index (χ3v) is 5.34. The molecule has 0 amide bonds. The first-order valence-corrected chi connectivity index (χ1v) is 10.3. The molecule has 4 aromatic rings. The van der Waals surface area contributed by atoms with Crippen molar-refractivity contribution in [2.45, 2.75) is 26.2 Å². The van der Waals surface area contributed by atoms with E-state index in [1.807, 2.05) is 17.5 Å². The minimum Gasteiger partial charge on any atom is -0.494 e. The van der Waals surface area contributed by atoms with Crippen molar-refractivity contribution in [1.82, 2.24) is 19.5 Å². The SMILES string of the molecule is CCCCCOc1ccc2c(c1)[nH]c(=O)c(=O)n2-c1nc(-c2cccnc2)cs1. The molecule has 29 heavy (non-hydrogen) atoms. The third-order valence-electron chi connectivity index (χ3n) is 4.51. The monoisotopic (exact) mass is 408 g/mol. The van der Waals surface area contributed by atoms with E-state index in [4.69, 9.17) is 4.74 Å². The molecule has 0 radical (unpaired) electrons. The smallest absolute Gasteiger partial charge is 0.323 e. The predicted molar refractivity (Wildman–Crippen MR) is 114 cm³/mol. The van der Waals surface area contributed by atoms with E-state index in [1.165, 1.54) is 15.9 Å². The van der Waals surface area contributed by atoms with E-state index in [9.17, 15) is 9.59 Å². The van der Waals surface area contributed by atoms with Gasteiger partial charge in [0, 0.05) is 29.4 Å². The minimum absolute atomic E-state index is 0.432. The lowest BCUT2D eigenvalue weighted by Gasteiger charge is -2.09. The normalized spacial score (nSPS) is 11.1. The first-order valence-electron chi connectivity index (χ1n) is 9.45. The molecular formula is C21H20N4O3S. The van der Waals surface area contributed by atoms with Crippen LogP contribution in [0.25, 0.3) is 27.4 Å². The van der Waals surface area contributed by atoms with Gasteiger partial charge in [-0.15, -0.1) is 11.3 Å². The number of pyridine rings is 1. The summed E-state index contributed by atoms with van der Waals surface area (Å²) < 4.78 is 7.11. The summed E-state index contributed by atoms with van der Waals surface area (Å²) >= 11 is 1.30. The van der Waals surface area contributed by atoms with Crippen molar-refractivity contribution in [2.75, 3.05) is 6.61 Å². The quantitative estimate of drug-likeness (QED) is 0.371. The first-order chi connectivity index (χ1) is 14.2. The number of ether oxygens (including phenoxy) is 1. The van der Waals surface area contributed by atoms with E-state index < -0.39 is 11.1 Å². The van der Waals surface area contributed by atoms with Gasteiger partial charge >= 0.3 is 11.1 Å². The van der Waals surface area contributed by atoms with Gasteiger partial charge in [-0.1, -0.05) is 19.8 Å². The largest absolute Gasteiger partial charge is 0.494 e. The summed E-state index contributed by atoms with van der Waals surface area (Å²) in [5.41, 5.74) is 1.29. The van der Waals surface area contributed by atoms with Crippen LogP contribution in [0.5, 0.6) is 5.75 Å². The number of unbranched alkanes of at least 4 members (excludes halogenated alkanes) is 2. The molecule has 0 saturated heterocycles. The van der Waals surface area contributed by atoms with Gasteiger partial charge in [0.25, 0.3) is 0 Å². The number of H-pyrrole nitrogens is 1. The van der Waals surface area contributed by atoms with Crippen molar-refractivity contribution in [3.63, 3.8) is 0 Å². The molecule has 1 aromatic carbocycles. The van der Waals surface area contributed by atoms with Gasteiger partial charge in [-0.25, -0.2) is 9.55 Å². The van der Waals surface area contributed by atoms with Crippen molar-refractivity contribution in [1.29, 1.82) is 0 Å². The van der Waals surface area contributed by atoms with Crippen LogP contribution in [0.3, 0.4) is 0 Å². The highest BCUT2D eigenvalue weighted by atomic mass is 32.1. The molecule has 0 saturated carbocycles. The van der Waals surface area contributed by atoms with Crippen LogP contribution in [0.15, 0.2) is 57.7 Å². The molecule has 4 rings (SSSR count). The van der Waals surface area contributed by atoms with Gasteiger partial charge in [0.15, 0.2) is 5.13 Å². The van der Waals surface area contributed by atoms with Crippen molar-refractivity contribution in [2.24, 2.45) is 0 Å². The molecule has 0 aliphatic rings. The fraction of sp³-hybridized carbons (Fsp3) is 0.238. The number of fused-ring (bicyclic) bond motifs is 1. The Bertz CT molecular complexity index is 1240. The summed E-state index contributed by atoms with van der Waals surface area (Å²) in [6.07, 6.45) is 6.59. The zero-order valence-corrected chi connectivity index (χ0v) is 16.7. The Hall–Kier alpha value is -3.26. The van der Waals surface area contributed by atoms with Crippen LogP contribution in [0.2, 0.25) is 0 Å². The molecule has 0 fully saturated rings. The summed E-state index contributed by atoms with van der Waals surface area (Å²) in [6.45, 7) is 2.75. The molecule has 0 bridgehead atoms. The number of nitrogens with zero attached hydrogens (tertiary/aromatic N) is 3. The molecule has 0 spiro atoms. The number of thiazole rings is 1. The zero-order chi connectivity index (χ0) is 20.2. The summed E-state index contributed by atoms with van der Waals surface area (Å²) in [4.78, 5) is 36.1. The number of hydrogen-bond donors (Lipinski definition) is 1. The minimum atomic E-state index is -0.696. The van der Waals surface area contributed by atoms with Crippen LogP contribution in [-0.2, 0) is 0 Å². The Kier molecular flexibility index (Phi) is 5.53. The zero-order valence-electron chi connectivity index (χ0n) is 15.9. The van der Waals surface area contributed by atoms with E-state index >= 15 is 0 Å². The highest BCUT2D eigenvalue weighted by Crippen LogP contribution is 2.25. The number of aromatic amines is 1. The molecule has 8 heteroatoms. The third kappa shape index (κ3) is 3.97. The van der Waals surface area contributed by atoms with E-state index in [0.717, 1.165) is 24.8 Å². The standard InChI is InChI=1S/C21H20N4O3S/c1-2-3-4-10-28-15-7-8-18-16(11-15)23-19(26)20(27)25(18)21-24-17(13-29-21)14-6-5-9-22-12-14/h5-9,11-13H,2-4,10H2,1H3,(H,23,26). The molecule has 7 nitrogen and oxygen atoms in total. The van der Waals surface area contributed by atoms with E-state index in [-0.39, 0.29) is 0 Å². The predicted octanol–water partition coefficient (Wildman–Crippen LogP) is 3.77. The topological polar surface area (TPSA) is 89.9 Å². The molecule has 148 valence electrons. The van der Waals surface area contributed by atoms with Gasteiger partial charge in [-0.3, -0.25) is 14.6 Å². The number of benzene rings is 1. The van der Waals surface area contributed by atoms with Crippen molar-refractivity contribution < 1.29 is 4.74 Å². The lowest BCUT2D eigenvalue weighted by molar-refractivity contribution is 0.306. The molecule has 3 aromatic heterocycles. The summed E-state index contributed by atoms with van der Waals surface area (Å²) in [5.74, 6) is 0.657. The maximum Gasteiger partial charge on any atom is 0.323 e. The molecule has 0 atom stereocenters. The maximum atomic E-state index is 12.6. The Morgan fingerprint density at radius 3 is 2.90 bits per heavy atom. The Morgan fingerprint density at radius 2 is 2.10 bits per heavy atom. The number of nitrogens with one attached hydrogen (secondary N) is 1. The van der Waals surface area contributed by atoms with Gasteiger partial charge in [0.2, 0.25) is 0 Å². The fourth-order valence-corrected chi connectivity index (χ4v) is 3.88. The van der Waals surface area contributed by atoms with Crippen LogP contribution in [-0.4, -0.2) is 26.1 Å². The number of hydrogen-bond acceptors (Lipinski definition) is 6. The average molecular weight is 408 g/mol. The van der Waals surface area contributed by atoms with Gasteiger partial charge < -0.3 is 9.72 Å². The maximum absolute atomic E-state index is 12.6. The van der Waals surface area contributed by atoms with Gasteiger partial charge in [-0.05, 0) is 30.7 Å². The summed E-state index contributed by atoms with van der Waals surface area (Å²) in [6, 6.07) is 9.04. The first kappa shape index (κ1) is 19.1. The Balaban J connectivity index is 1.74. The van der Waals surface area contributed by atoms with Crippen molar-refractivity contribution in [3.8, 4) is 22.1 Å². The summed E-state index contributed by atoms with van der Waals surface area (Å²) in [7, 11) is 0. The highest BCUT2D eigenvalue weighted by Gasteiger charge is 2.14. The second-order valence-electron chi connectivity index (χ2n) is 6.59. The van der Waals surface area contributed by atoms with Crippen molar-refractivity contribution in [3.05, 3.63) is 68.8 Å². The number of aromatic nitrogens is 4. The fourth-order valence-electron chi connectivity index (χ4n) is 3.03. The van der Waals surface area contributed by atoms with Crippen LogP contribution < -0.4 is 15.9 Å². The van der Waals surface area contributed by atoms with Crippen LogP contribution in [0.4, 0.5) is 0 Å². The Morgan fingerprint density at radius 1 is 1.21 bits per heavy atom. The van der Waals surface area contributed by atoms with E-state index in [1.54, 1.807) is 30.6 Å². The lowest BCUT2D eigenvalue weighted by Crippen LogP contribution is -2.35. The molecule has 0 unspecified atom stereocenters. The Labute approximate surface area is 170 Å². The van der Waals surface area contributed by atoms with Crippen molar-refractivity contribution >= 4 is 22.4 Å². The second kappa shape index (κ2) is 8.40. The molecule has 0 aliphatic carbocycles. The van der Waals surface area contributed by atoms with Crippen LogP contribution >= 0.6 is 11.3 Å². The van der Waals surface area contributed by atoms with E-state index in [0.29, 0.717) is 34.2 Å². The van der Waals surface area contributed by atoms with Gasteiger partial charge in [-0.2, -0.15) is 0 Å². The van der Waals surface area contributed by atoms with Crippen LogP contribution in [0, 0.1) is 0 Å². The van der Waals surface area contributed by atoms with Gasteiger partial charge in [0.05, 0.1) is 23.3 Å². The highest BCUT2D eigenvalue weighted by molar-refractivity contribution is 7.12. The molecule has 1 N–H and O–H groups in total. The van der Waals surface area contributed by atoms with Crippen LogP contribution in [0.1, 0.15) is 26.2 Å². The second-order valence-corrected chi connectivity index (χ2v) is 7.42. The molecule has 3 heterocycles. The molecular weight excluding hydrogens is 388 g/mol. The number of rotatable bonds is 7. The lowest BCUT2D eigenvalue weighted by atomic mass is 10.2. The summed E-state index contributed by atoms with van der Waals surface area (Å²) in [5, 5.41) is 2.28. The van der Waals surface area contributed by atoms with Gasteiger partial charge in [0.1, 0.15) is 5.75 Å². The molecule has 0 aliphatic heterocycles. The average Bonchev–Trinajstić information content (AvgIpc) is 3.22.